The lowest BCUT2D eigenvalue weighted by Crippen LogP contribution is -2.35. The molecule has 144 valence electrons. The van der Waals surface area contributed by atoms with Crippen LogP contribution in [0.25, 0.3) is 0 Å². The average molecular weight is 435 g/mol. The topological polar surface area (TPSA) is 15.6 Å². The van der Waals surface area contributed by atoms with Crippen LogP contribution in [0.4, 0.5) is 5.69 Å². The molecule has 1 heterocycles. The summed E-state index contributed by atoms with van der Waals surface area (Å²) < 4.78 is 1.09. The smallest absolute Gasteiger partial charge is 0.148 e. The number of hydrogen-bond donors (Lipinski definition) is 0. The quantitative estimate of drug-likeness (QED) is 0.425. The Labute approximate surface area is 177 Å². The van der Waals surface area contributed by atoms with Crippen molar-refractivity contribution in [1.29, 1.82) is 0 Å². The van der Waals surface area contributed by atoms with E-state index < -0.39 is 0 Å². The molecule has 0 bridgehead atoms. The molecule has 1 aliphatic heterocycles. The van der Waals surface area contributed by atoms with Crippen molar-refractivity contribution in [3.05, 3.63) is 100 Å². The molecule has 0 aromatic heterocycles. The number of nitrogens with zero attached hydrogens (tertiary/aromatic N) is 2. The molecule has 3 heteroatoms. The van der Waals surface area contributed by atoms with Gasteiger partial charge in [0.1, 0.15) is 6.17 Å². The summed E-state index contributed by atoms with van der Waals surface area (Å²) in [5, 5.41) is 0. The van der Waals surface area contributed by atoms with E-state index >= 15 is 0 Å². The normalized spacial score (nSPS) is 18.3. The maximum atomic E-state index is 5.15. The molecule has 0 amide bonds. The zero-order valence-corrected chi connectivity index (χ0v) is 18.5. The van der Waals surface area contributed by atoms with Crippen molar-refractivity contribution in [2.75, 3.05) is 4.90 Å². The molecule has 0 saturated carbocycles. The van der Waals surface area contributed by atoms with E-state index in [1.807, 2.05) is 13.8 Å². The highest BCUT2D eigenvalue weighted by atomic mass is 79.9. The van der Waals surface area contributed by atoms with Gasteiger partial charge >= 0.3 is 0 Å². The van der Waals surface area contributed by atoms with E-state index in [2.05, 4.69) is 114 Å². The third-order valence-corrected chi connectivity index (χ3v) is 5.44. The summed E-state index contributed by atoms with van der Waals surface area (Å²) in [7, 11) is 0. The van der Waals surface area contributed by atoms with E-state index in [4.69, 9.17) is 4.99 Å². The van der Waals surface area contributed by atoms with Crippen LogP contribution in [0.15, 0.2) is 88.3 Å². The molecule has 3 aromatic rings. The van der Waals surface area contributed by atoms with Crippen molar-refractivity contribution in [2.45, 2.75) is 39.9 Å². The molecule has 0 saturated heterocycles. The van der Waals surface area contributed by atoms with Gasteiger partial charge in [-0.1, -0.05) is 89.9 Å². The highest BCUT2D eigenvalue weighted by molar-refractivity contribution is 9.10. The Bertz CT molecular complexity index is 915. The van der Waals surface area contributed by atoms with Crippen molar-refractivity contribution >= 4 is 27.3 Å². The largest absolute Gasteiger partial charge is 0.337 e. The maximum Gasteiger partial charge on any atom is 0.148 e. The van der Waals surface area contributed by atoms with E-state index in [1.54, 1.807) is 0 Å². The summed E-state index contributed by atoms with van der Waals surface area (Å²) >= 11 is 3.52. The van der Waals surface area contributed by atoms with Crippen LogP contribution in [-0.4, -0.2) is 11.8 Å². The summed E-state index contributed by atoms with van der Waals surface area (Å²) in [5.74, 6) is 0. The Hall–Kier alpha value is -2.39. The number of aliphatic imine (C=N–C) groups is 1. The first-order chi connectivity index (χ1) is 13.6. The van der Waals surface area contributed by atoms with Crippen LogP contribution < -0.4 is 4.90 Å². The van der Waals surface area contributed by atoms with Gasteiger partial charge in [0.25, 0.3) is 0 Å². The van der Waals surface area contributed by atoms with Crippen LogP contribution in [0.1, 0.15) is 43.6 Å². The summed E-state index contributed by atoms with van der Waals surface area (Å²) in [4.78, 5) is 7.56. The zero-order valence-electron chi connectivity index (χ0n) is 16.9. The lowest BCUT2D eigenvalue weighted by molar-refractivity contribution is 0.675. The van der Waals surface area contributed by atoms with Gasteiger partial charge in [-0.2, -0.15) is 0 Å². The average Bonchev–Trinajstić information content (AvgIpc) is 3.08. The first kappa shape index (κ1) is 20.3. The van der Waals surface area contributed by atoms with Crippen LogP contribution in [0.3, 0.4) is 0 Å². The fourth-order valence-corrected chi connectivity index (χ4v) is 3.79. The lowest BCUT2D eigenvalue weighted by Gasteiger charge is -2.30. The molecule has 2 unspecified atom stereocenters. The van der Waals surface area contributed by atoms with Gasteiger partial charge in [-0.15, -0.1) is 0 Å². The van der Waals surface area contributed by atoms with Crippen LogP contribution in [-0.2, 0) is 0 Å². The van der Waals surface area contributed by atoms with Crippen molar-refractivity contribution in [3.63, 3.8) is 0 Å². The van der Waals surface area contributed by atoms with Crippen molar-refractivity contribution in [3.8, 4) is 0 Å². The molecule has 0 fully saturated rings. The van der Waals surface area contributed by atoms with Gasteiger partial charge in [0.15, 0.2) is 0 Å². The fourth-order valence-electron chi connectivity index (χ4n) is 3.52. The molecule has 3 aromatic carbocycles. The summed E-state index contributed by atoms with van der Waals surface area (Å²) in [6, 6.07) is 27.9. The van der Waals surface area contributed by atoms with Gasteiger partial charge in [-0.25, -0.2) is 0 Å². The molecule has 2 atom stereocenters. The molecular formula is C25H27BrN2. The molecule has 0 N–H and O–H groups in total. The van der Waals surface area contributed by atoms with Gasteiger partial charge in [0, 0.05) is 10.2 Å². The van der Waals surface area contributed by atoms with Crippen LogP contribution in [0.5, 0.6) is 0 Å². The van der Waals surface area contributed by atoms with Crippen LogP contribution in [0.2, 0.25) is 0 Å². The first-order valence-electron chi connectivity index (χ1n) is 9.87. The molecule has 2 nitrogen and oxygen atoms in total. The highest BCUT2D eigenvalue weighted by Gasteiger charge is 2.34. The fraction of sp³-hybridized carbons (Fsp3) is 0.240. The van der Waals surface area contributed by atoms with Gasteiger partial charge < -0.3 is 4.90 Å². The predicted molar refractivity (Wildman–Crippen MR) is 124 cm³/mol. The second kappa shape index (κ2) is 9.20. The first-order valence-corrected chi connectivity index (χ1v) is 10.7. The predicted octanol–water partition coefficient (Wildman–Crippen LogP) is 7.18. The Morgan fingerprint density at radius 3 is 2.04 bits per heavy atom. The molecule has 28 heavy (non-hydrogen) atoms. The third kappa shape index (κ3) is 4.20. The minimum Gasteiger partial charge on any atom is -0.337 e. The maximum absolute atomic E-state index is 5.15. The van der Waals surface area contributed by atoms with E-state index in [9.17, 15) is 0 Å². The second-order valence-electron chi connectivity index (χ2n) is 6.72. The second-order valence-corrected chi connectivity index (χ2v) is 7.64. The molecule has 0 radical (unpaired) electrons. The molecule has 0 spiro atoms. The van der Waals surface area contributed by atoms with Crippen molar-refractivity contribution in [1.82, 2.24) is 0 Å². The Morgan fingerprint density at radius 1 is 0.821 bits per heavy atom. The Morgan fingerprint density at radius 2 is 1.43 bits per heavy atom. The van der Waals surface area contributed by atoms with E-state index in [-0.39, 0.29) is 12.2 Å². The summed E-state index contributed by atoms with van der Waals surface area (Å²) in [6.07, 6.45) is -0.00690. The van der Waals surface area contributed by atoms with E-state index in [0.717, 1.165) is 10.2 Å². The zero-order chi connectivity index (χ0) is 20.1. The molecule has 1 aliphatic rings. The minimum absolute atomic E-state index is 0.00690. The van der Waals surface area contributed by atoms with Gasteiger partial charge in [0.2, 0.25) is 0 Å². The number of hydrogen-bond acceptors (Lipinski definition) is 2. The SMILES string of the molecule is CC.Cc1ccc(N2C(C)C(c3ccc(Br)cc3)=NC2c2ccccc2)cc1. The monoisotopic (exact) mass is 434 g/mol. The van der Waals surface area contributed by atoms with Gasteiger partial charge in [0.05, 0.1) is 11.8 Å². The highest BCUT2D eigenvalue weighted by Crippen LogP contribution is 2.37. The third-order valence-electron chi connectivity index (χ3n) is 4.91. The van der Waals surface area contributed by atoms with Crippen LogP contribution in [0, 0.1) is 6.92 Å². The number of aryl methyl sites for hydroxylation is 1. The molecule has 0 aliphatic carbocycles. The number of benzene rings is 3. The number of rotatable bonds is 3. The van der Waals surface area contributed by atoms with Crippen molar-refractivity contribution < 1.29 is 0 Å². The molecular weight excluding hydrogens is 408 g/mol. The number of anilines is 1. The van der Waals surface area contributed by atoms with Gasteiger partial charge in [-0.05, 0) is 49.2 Å². The Kier molecular flexibility index (Phi) is 6.69. The van der Waals surface area contributed by atoms with Crippen molar-refractivity contribution in [2.24, 2.45) is 4.99 Å². The Balaban J connectivity index is 0.00000109. The van der Waals surface area contributed by atoms with E-state index in [0.29, 0.717) is 0 Å². The van der Waals surface area contributed by atoms with E-state index in [1.165, 1.54) is 22.4 Å². The summed E-state index contributed by atoms with van der Waals surface area (Å²) in [6.45, 7) is 8.36. The number of halogens is 1. The summed E-state index contributed by atoms with van der Waals surface area (Å²) in [5.41, 5.74) is 5.99. The minimum atomic E-state index is -0.00690. The van der Waals surface area contributed by atoms with Crippen LogP contribution >= 0.6 is 15.9 Å². The lowest BCUT2D eigenvalue weighted by atomic mass is 10.0. The standard InChI is InChI=1S/C23H21BrN2.C2H6/c1-16-8-14-21(15-9-16)26-17(2)22(18-10-12-20(24)13-11-18)25-23(26)19-6-4-3-5-7-19;1-2/h3-15,17,23H,1-2H3;1-2H3. The molecule has 4 rings (SSSR count). The van der Waals surface area contributed by atoms with Gasteiger partial charge in [-0.3, -0.25) is 4.99 Å².